The molecule has 0 bridgehead atoms. The van der Waals surface area contributed by atoms with E-state index in [4.69, 9.17) is 18.3 Å². The van der Waals surface area contributed by atoms with Gasteiger partial charge in [-0.2, -0.15) is 0 Å². The van der Waals surface area contributed by atoms with Crippen LogP contribution in [0.5, 0.6) is 5.75 Å². The summed E-state index contributed by atoms with van der Waals surface area (Å²) in [5, 5.41) is 11.8. The van der Waals surface area contributed by atoms with Crippen molar-refractivity contribution in [2.75, 3.05) is 13.7 Å². The molecule has 0 unspecified atom stereocenters. The first-order valence-corrected chi connectivity index (χ1v) is 7.22. The molecule has 23 heavy (non-hydrogen) atoms. The SMILES string of the molecule is COC(C)(C)[C@H](O)COc1c2occc2cc2ccc(=O)oc12. The third-order valence-corrected chi connectivity index (χ3v) is 4.00. The lowest BCUT2D eigenvalue weighted by molar-refractivity contribution is -0.0913. The van der Waals surface area contributed by atoms with Gasteiger partial charge in [0.1, 0.15) is 12.7 Å². The summed E-state index contributed by atoms with van der Waals surface area (Å²) in [6, 6.07) is 6.65. The van der Waals surface area contributed by atoms with E-state index in [1.54, 1.807) is 26.0 Å². The second-order valence-corrected chi connectivity index (χ2v) is 5.85. The largest absolute Gasteiger partial charge is 0.483 e. The molecule has 0 radical (unpaired) electrons. The molecule has 1 N–H and O–H groups in total. The highest BCUT2D eigenvalue weighted by Crippen LogP contribution is 2.35. The first kappa shape index (κ1) is 15.6. The maximum atomic E-state index is 11.5. The van der Waals surface area contributed by atoms with Gasteiger partial charge in [0.2, 0.25) is 5.75 Å². The summed E-state index contributed by atoms with van der Waals surface area (Å²) in [7, 11) is 1.52. The van der Waals surface area contributed by atoms with Crippen LogP contribution in [-0.4, -0.2) is 30.5 Å². The van der Waals surface area contributed by atoms with Crippen LogP contribution in [0.1, 0.15) is 13.8 Å². The molecule has 0 aliphatic heterocycles. The van der Waals surface area contributed by atoms with Gasteiger partial charge in [-0.3, -0.25) is 0 Å². The van der Waals surface area contributed by atoms with Crippen molar-refractivity contribution >= 4 is 21.9 Å². The molecule has 6 nitrogen and oxygen atoms in total. The standard InChI is InChI=1S/C17H18O6/c1-17(2,20-3)12(18)9-22-16-14-11(6-7-21-14)8-10-4-5-13(19)23-15(10)16/h4-8,12,18H,9H2,1-3H3/t12-/m1/s1. The van der Waals surface area contributed by atoms with E-state index in [1.165, 1.54) is 19.4 Å². The van der Waals surface area contributed by atoms with Gasteiger partial charge in [0.05, 0.1) is 11.9 Å². The number of fused-ring (bicyclic) bond motifs is 2. The molecule has 0 saturated heterocycles. The quantitative estimate of drug-likeness (QED) is 0.728. The zero-order chi connectivity index (χ0) is 16.6. The fourth-order valence-corrected chi connectivity index (χ4v) is 2.24. The molecular weight excluding hydrogens is 300 g/mol. The van der Waals surface area contributed by atoms with Crippen LogP contribution >= 0.6 is 0 Å². The molecule has 6 heteroatoms. The van der Waals surface area contributed by atoms with Gasteiger partial charge in [-0.1, -0.05) is 0 Å². The number of methoxy groups -OCH3 is 1. The number of hydrogen-bond donors (Lipinski definition) is 1. The van der Waals surface area contributed by atoms with Crippen molar-refractivity contribution in [2.45, 2.75) is 25.6 Å². The summed E-state index contributed by atoms with van der Waals surface area (Å²) >= 11 is 0. The van der Waals surface area contributed by atoms with E-state index in [0.29, 0.717) is 22.3 Å². The Labute approximate surface area is 132 Å². The predicted octanol–water partition coefficient (Wildman–Crippen LogP) is 2.70. The van der Waals surface area contributed by atoms with Crippen LogP contribution in [0.2, 0.25) is 0 Å². The van der Waals surface area contributed by atoms with Gasteiger partial charge in [-0.15, -0.1) is 0 Å². The van der Waals surface area contributed by atoms with Gasteiger partial charge in [0.15, 0.2) is 11.2 Å². The van der Waals surface area contributed by atoms with Crippen molar-refractivity contribution in [3.63, 3.8) is 0 Å². The smallest absolute Gasteiger partial charge is 0.336 e. The average Bonchev–Trinajstić information content (AvgIpc) is 2.99. The molecule has 1 aromatic carbocycles. The van der Waals surface area contributed by atoms with Crippen LogP contribution in [0.3, 0.4) is 0 Å². The molecule has 0 aliphatic carbocycles. The molecule has 0 fully saturated rings. The molecular formula is C17H18O6. The topological polar surface area (TPSA) is 82.0 Å². The Morgan fingerprint density at radius 1 is 1.22 bits per heavy atom. The first-order valence-electron chi connectivity index (χ1n) is 7.22. The number of ether oxygens (including phenoxy) is 2. The second kappa shape index (κ2) is 5.72. The fourth-order valence-electron chi connectivity index (χ4n) is 2.24. The highest BCUT2D eigenvalue weighted by atomic mass is 16.5. The van der Waals surface area contributed by atoms with Crippen LogP contribution in [0.4, 0.5) is 0 Å². The maximum Gasteiger partial charge on any atom is 0.336 e. The zero-order valence-electron chi connectivity index (χ0n) is 13.2. The average molecular weight is 318 g/mol. The molecule has 3 aromatic rings. The Balaban J connectivity index is 2.05. The van der Waals surface area contributed by atoms with Crippen LogP contribution in [0.15, 0.2) is 44.2 Å². The van der Waals surface area contributed by atoms with E-state index >= 15 is 0 Å². The van der Waals surface area contributed by atoms with E-state index in [1.807, 2.05) is 6.07 Å². The van der Waals surface area contributed by atoms with Crippen LogP contribution in [0, 0.1) is 0 Å². The number of hydrogen-bond acceptors (Lipinski definition) is 6. The Hall–Kier alpha value is -2.31. The highest BCUT2D eigenvalue weighted by Gasteiger charge is 2.28. The van der Waals surface area contributed by atoms with Gasteiger partial charge in [0.25, 0.3) is 0 Å². The maximum absolute atomic E-state index is 11.5. The van der Waals surface area contributed by atoms with Crippen LogP contribution in [0.25, 0.3) is 21.9 Å². The first-order chi connectivity index (χ1) is 10.9. The van der Waals surface area contributed by atoms with Gasteiger partial charge in [-0.25, -0.2) is 4.79 Å². The van der Waals surface area contributed by atoms with E-state index in [2.05, 4.69) is 0 Å². The van der Waals surface area contributed by atoms with Crippen LogP contribution in [-0.2, 0) is 4.74 Å². The summed E-state index contributed by atoms with van der Waals surface area (Å²) in [5.41, 5.74) is -0.490. The lowest BCUT2D eigenvalue weighted by atomic mass is 10.0. The van der Waals surface area contributed by atoms with Crippen molar-refractivity contribution in [2.24, 2.45) is 0 Å². The number of furan rings is 1. The monoisotopic (exact) mass is 318 g/mol. The zero-order valence-corrected chi connectivity index (χ0v) is 13.2. The molecule has 0 aliphatic rings. The van der Waals surface area contributed by atoms with Crippen molar-refractivity contribution in [3.05, 3.63) is 40.9 Å². The summed E-state index contributed by atoms with van der Waals surface area (Å²) in [5.74, 6) is 0.297. The van der Waals surface area contributed by atoms with Gasteiger partial charge < -0.3 is 23.4 Å². The lowest BCUT2D eigenvalue weighted by Crippen LogP contribution is -2.42. The van der Waals surface area contributed by atoms with Gasteiger partial charge in [0, 0.05) is 23.9 Å². The third-order valence-electron chi connectivity index (χ3n) is 4.00. The minimum atomic E-state index is -0.872. The third kappa shape index (κ3) is 2.83. The van der Waals surface area contributed by atoms with E-state index in [9.17, 15) is 9.90 Å². The normalized spacial score (nSPS) is 13.6. The van der Waals surface area contributed by atoms with Crippen molar-refractivity contribution in [1.29, 1.82) is 0 Å². The number of rotatable bonds is 5. The summed E-state index contributed by atoms with van der Waals surface area (Å²) in [4.78, 5) is 11.5. The minimum absolute atomic E-state index is 0.0334. The van der Waals surface area contributed by atoms with Gasteiger partial charge in [-0.05, 0) is 32.0 Å². The van der Waals surface area contributed by atoms with Crippen molar-refractivity contribution in [1.82, 2.24) is 0 Å². The Bertz CT molecular complexity index is 889. The Kier molecular flexibility index (Phi) is 3.87. The summed E-state index contributed by atoms with van der Waals surface area (Å²) < 4.78 is 21.7. The fraction of sp³-hybridized carbons (Fsp3) is 0.353. The summed E-state index contributed by atoms with van der Waals surface area (Å²) in [6.45, 7) is 3.48. The number of benzene rings is 1. The van der Waals surface area contributed by atoms with E-state index in [0.717, 1.165) is 5.39 Å². The van der Waals surface area contributed by atoms with E-state index in [-0.39, 0.29) is 6.61 Å². The number of aliphatic hydroxyl groups excluding tert-OH is 1. The van der Waals surface area contributed by atoms with Crippen molar-refractivity contribution < 1.29 is 23.4 Å². The highest BCUT2D eigenvalue weighted by molar-refractivity contribution is 5.99. The molecule has 1 atom stereocenters. The molecule has 2 heterocycles. The van der Waals surface area contributed by atoms with Crippen LogP contribution < -0.4 is 10.4 Å². The summed E-state index contributed by atoms with van der Waals surface area (Å²) in [6.07, 6.45) is 0.660. The Morgan fingerprint density at radius 2 is 1.96 bits per heavy atom. The lowest BCUT2D eigenvalue weighted by Gasteiger charge is -2.28. The Morgan fingerprint density at radius 3 is 2.70 bits per heavy atom. The van der Waals surface area contributed by atoms with Crippen molar-refractivity contribution in [3.8, 4) is 5.75 Å². The van der Waals surface area contributed by atoms with E-state index < -0.39 is 17.3 Å². The molecule has 0 spiro atoms. The minimum Gasteiger partial charge on any atom is -0.483 e. The molecule has 3 rings (SSSR count). The predicted molar refractivity (Wildman–Crippen MR) is 84.8 cm³/mol. The number of aliphatic hydroxyl groups is 1. The molecule has 0 amide bonds. The second-order valence-electron chi connectivity index (χ2n) is 5.85. The molecule has 2 aromatic heterocycles. The molecule has 0 saturated carbocycles. The molecule has 122 valence electrons. The van der Waals surface area contributed by atoms with Gasteiger partial charge >= 0.3 is 5.63 Å².